The zero-order chi connectivity index (χ0) is 9.36. The summed E-state index contributed by atoms with van der Waals surface area (Å²) in [6.45, 7) is 0. The Hall–Kier alpha value is -0.960. The molecule has 0 amide bonds. The number of thioether (sulfide) groups is 1. The van der Waals surface area contributed by atoms with E-state index in [4.69, 9.17) is 0 Å². The van der Waals surface area contributed by atoms with Gasteiger partial charge in [-0.3, -0.25) is 0 Å². The third kappa shape index (κ3) is 4.58. The van der Waals surface area contributed by atoms with E-state index in [0.717, 1.165) is 5.56 Å². The molecule has 0 heterocycles. The van der Waals surface area contributed by atoms with Gasteiger partial charge in [0.25, 0.3) is 0 Å². The molecular formula is C11H8S2. The molecule has 0 spiro atoms. The smallest absolute Gasteiger partial charge is 0.0485 e. The third-order valence-corrected chi connectivity index (χ3v) is 1.99. The minimum absolute atomic E-state index is 0.708. The van der Waals surface area contributed by atoms with Crippen molar-refractivity contribution in [2.45, 2.75) is 0 Å². The van der Waals surface area contributed by atoms with E-state index in [1.165, 1.54) is 11.8 Å². The number of thiol groups is 1. The van der Waals surface area contributed by atoms with Gasteiger partial charge in [-0.05, 0) is 29.2 Å². The van der Waals surface area contributed by atoms with Gasteiger partial charge in [-0.15, -0.1) is 0 Å². The molecule has 1 aromatic carbocycles. The van der Waals surface area contributed by atoms with Gasteiger partial charge in [0.05, 0.1) is 0 Å². The van der Waals surface area contributed by atoms with Crippen molar-refractivity contribution >= 4 is 24.4 Å². The van der Waals surface area contributed by atoms with E-state index >= 15 is 0 Å². The zero-order valence-corrected chi connectivity index (χ0v) is 8.66. The molecule has 0 aliphatic carbocycles. The predicted molar refractivity (Wildman–Crippen MR) is 62.5 cm³/mol. The highest BCUT2D eigenvalue weighted by atomic mass is 32.2. The van der Waals surface area contributed by atoms with Crippen molar-refractivity contribution in [3.05, 3.63) is 35.9 Å². The van der Waals surface area contributed by atoms with Crippen molar-refractivity contribution in [3.8, 4) is 23.0 Å². The first kappa shape index (κ1) is 10.1. The SMILES string of the molecule is SCSC#CC#Cc1ccccc1. The van der Waals surface area contributed by atoms with Gasteiger partial charge in [0.15, 0.2) is 0 Å². The summed E-state index contributed by atoms with van der Waals surface area (Å²) in [6, 6.07) is 9.80. The fourth-order valence-electron chi connectivity index (χ4n) is 0.719. The van der Waals surface area contributed by atoms with Gasteiger partial charge in [0, 0.05) is 10.6 Å². The van der Waals surface area contributed by atoms with E-state index in [1.54, 1.807) is 0 Å². The average molecular weight is 204 g/mol. The summed E-state index contributed by atoms with van der Waals surface area (Å²) < 4.78 is 0. The highest BCUT2D eigenvalue weighted by Gasteiger charge is 1.78. The maximum atomic E-state index is 4.00. The molecule has 0 saturated carbocycles. The fourth-order valence-corrected chi connectivity index (χ4v) is 1.10. The Morgan fingerprint density at radius 3 is 2.62 bits per heavy atom. The van der Waals surface area contributed by atoms with Gasteiger partial charge < -0.3 is 0 Å². The Labute approximate surface area is 88.5 Å². The van der Waals surface area contributed by atoms with Gasteiger partial charge in [0.1, 0.15) is 0 Å². The van der Waals surface area contributed by atoms with E-state index in [0.29, 0.717) is 5.08 Å². The molecular weight excluding hydrogens is 196 g/mol. The van der Waals surface area contributed by atoms with Gasteiger partial charge in [-0.1, -0.05) is 35.9 Å². The second-order valence-corrected chi connectivity index (χ2v) is 3.64. The van der Waals surface area contributed by atoms with Gasteiger partial charge in [-0.2, -0.15) is 12.6 Å². The van der Waals surface area contributed by atoms with Crippen LogP contribution in [0.5, 0.6) is 0 Å². The maximum absolute atomic E-state index is 4.00. The first-order chi connectivity index (χ1) is 6.43. The van der Waals surface area contributed by atoms with Gasteiger partial charge in [0.2, 0.25) is 0 Å². The van der Waals surface area contributed by atoms with Crippen LogP contribution in [-0.4, -0.2) is 5.08 Å². The molecule has 0 nitrogen and oxygen atoms in total. The second kappa shape index (κ2) is 6.54. The van der Waals surface area contributed by atoms with Crippen LogP contribution in [0.15, 0.2) is 30.3 Å². The quantitative estimate of drug-likeness (QED) is 0.417. The van der Waals surface area contributed by atoms with E-state index in [2.05, 4.69) is 35.6 Å². The molecule has 0 fully saturated rings. The lowest BCUT2D eigenvalue weighted by atomic mass is 10.2. The van der Waals surface area contributed by atoms with Gasteiger partial charge in [-0.25, -0.2) is 0 Å². The van der Waals surface area contributed by atoms with Crippen molar-refractivity contribution in [1.82, 2.24) is 0 Å². The van der Waals surface area contributed by atoms with E-state index in [-0.39, 0.29) is 0 Å². The fraction of sp³-hybridized carbons (Fsp3) is 0.0909. The van der Waals surface area contributed by atoms with Crippen molar-refractivity contribution in [1.29, 1.82) is 0 Å². The molecule has 13 heavy (non-hydrogen) atoms. The molecule has 0 atom stereocenters. The monoisotopic (exact) mass is 204 g/mol. The molecule has 0 N–H and O–H groups in total. The molecule has 0 aromatic heterocycles. The van der Waals surface area contributed by atoms with Gasteiger partial charge >= 0.3 is 0 Å². The molecule has 64 valence electrons. The topological polar surface area (TPSA) is 0 Å². The average Bonchev–Trinajstić information content (AvgIpc) is 2.19. The molecule has 0 radical (unpaired) electrons. The summed E-state index contributed by atoms with van der Waals surface area (Å²) in [5.41, 5.74) is 0.993. The molecule has 0 unspecified atom stereocenters. The Morgan fingerprint density at radius 2 is 1.92 bits per heavy atom. The van der Waals surface area contributed by atoms with Crippen molar-refractivity contribution in [3.63, 3.8) is 0 Å². The normalized spacial score (nSPS) is 7.77. The van der Waals surface area contributed by atoms with Crippen LogP contribution in [0.25, 0.3) is 0 Å². The lowest BCUT2D eigenvalue weighted by Crippen LogP contribution is -1.68. The summed E-state index contributed by atoms with van der Waals surface area (Å²) in [4.78, 5) is 0. The summed E-state index contributed by atoms with van der Waals surface area (Å²) in [6.07, 6.45) is 0. The van der Waals surface area contributed by atoms with Crippen LogP contribution < -0.4 is 0 Å². The summed E-state index contributed by atoms with van der Waals surface area (Å²) in [7, 11) is 0. The molecule has 0 bridgehead atoms. The number of benzene rings is 1. The molecule has 0 saturated heterocycles. The lowest BCUT2D eigenvalue weighted by molar-refractivity contribution is 1.65. The van der Waals surface area contributed by atoms with E-state index in [1.807, 2.05) is 30.3 Å². The summed E-state index contributed by atoms with van der Waals surface area (Å²) in [5, 5.41) is 3.53. The molecule has 1 aromatic rings. The highest BCUT2D eigenvalue weighted by molar-refractivity contribution is 8.12. The Morgan fingerprint density at radius 1 is 1.15 bits per heavy atom. The molecule has 2 heteroatoms. The van der Waals surface area contributed by atoms with Crippen molar-refractivity contribution in [2.75, 3.05) is 5.08 Å². The van der Waals surface area contributed by atoms with Crippen molar-refractivity contribution < 1.29 is 0 Å². The first-order valence-electron chi connectivity index (χ1n) is 3.72. The highest BCUT2D eigenvalue weighted by Crippen LogP contribution is 1.97. The maximum Gasteiger partial charge on any atom is 0.0485 e. The number of rotatable bonds is 1. The Bertz CT molecular complexity index is 360. The lowest BCUT2D eigenvalue weighted by Gasteiger charge is -1.83. The molecule has 0 aliphatic heterocycles. The number of hydrogen-bond donors (Lipinski definition) is 1. The van der Waals surface area contributed by atoms with Crippen LogP contribution in [-0.2, 0) is 0 Å². The second-order valence-electron chi connectivity index (χ2n) is 2.12. The number of hydrogen-bond acceptors (Lipinski definition) is 2. The van der Waals surface area contributed by atoms with E-state index < -0.39 is 0 Å². The standard InChI is InChI=1S/C11H8S2/c12-10-13-9-5-4-8-11-6-2-1-3-7-11/h1-3,6-7,12H,10H2. The third-order valence-electron chi connectivity index (χ3n) is 1.23. The van der Waals surface area contributed by atoms with Crippen LogP contribution in [0.3, 0.4) is 0 Å². The molecule has 0 aliphatic rings. The summed E-state index contributed by atoms with van der Waals surface area (Å²) >= 11 is 5.45. The minimum atomic E-state index is 0.708. The van der Waals surface area contributed by atoms with Crippen molar-refractivity contribution in [2.24, 2.45) is 0 Å². The Kier molecular flexibility index (Phi) is 5.10. The minimum Gasteiger partial charge on any atom is -0.167 e. The van der Waals surface area contributed by atoms with Crippen LogP contribution in [0.4, 0.5) is 0 Å². The summed E-state index contributed by atoms with van der Waals surface area (Å²) in [5.74, 6) is 8.45. The zero-order valence-electron chi connectivity index (χ0n) is 6.95. The Balaban J connectivity index is 2.55. The molecule has 1 rings (SSSR count). The van der Waals surface area contributed by atoms with Crippen LogP contribution in [0.1, 0.15) is 5.56 Å². The van der Waals surface area contributed by atoms with Crippen LogP contribution in [0, 0.1) is 23.0 Å². The van der Waals surface area contributed by atoms with Crippen LogP contribution >= 0.6 is 24.4 Å². The first-order valence-corrected chi connectivity index (χ1v) is 5.34. The van der Waals surface area contributed by atoms with E-state index in [9.17, 15) is 0 Å². The predicted octanol–water partition coefficient (Wildman–Crippen LogP) is 2.62. The van der Waals surface area contributed by atoms with Crippen LogP contribution in [0.2, 0.25) is 0 Å². The largest absolute Gasteiger partial charge is 0.167 e.